The molecule has 1 saturated heterocycles. The Labute approximate surface area is 158 Å². The second-order valence-corrected chi connectivity index (χ2v) is 7.52. The number of nitrogens with zero attached hydrogens (tertiary/aromatic N) is 2. The third kappa shape index (κ3) is 4.62. The first-order valence-electron chi connectivity index (χ1n) is 7.30. The number of thiocarbonyl (C=S) groups is 1. The van der Waals surface area contributed by atoms with Crippen LogP contribution in [0.3, 0.4) is 0 Å². The molecule has 0 spiro atoms. The molecule has 1 fully saturated rings. The van der Waals surface area contributed by atoms with Gasteiger partial charge in [-0.3, -0.25) is 14.5 Å². The Morgan fingerprint density at radius 3 is 2.84 bits per heavy atom. The zero-order valence-corrected chi connectivity index (χ0v) is 15.4. The summed E-state index contributed by atoms with van der Waals surface area (Å²) in [4.78, 5) is 30.2. The van der Waals surface area contributed by atoms with E-state index in [4.69, 9.17) is 12.2 Å². The first-order valence-corrected chi connectivity index (χ1v) is 9.40. The summed E-state index contributed by atoms with van der Waals surface area (Å²) in [5, 5.41) is 4.90. The highest BCUT2D eigenvalue weighted by atomic mass is 32.2. The van der Waals surface area contributed by atoms with Gasteiger partial charge < -0.3 is 5.32 Å². The summed E-state index contributed by atoms with van der Waals surface area (Å²) in [6, 6.07) is 9.77. The number of carbonyl (C=O) groups excluding carboxylic acids is 2. The molecule has 1 aliphatic heterocycles. The molecular weight excluding hydrogens is 374 g/mol. The van der Waals surface area contributed by atoms with Crippen LogP contribution in [0.1, 0.15) is 5.56 Å². The van der Waals surface area contributed by atoms with Crippen LogP contribution in [-0.4, -0.2) is 32.6 Å². The van der Waals surface area contributed by atoms with Gasteiger partial charge >= 0.3 is 0 Å². The van der Waals surface area contributed by atoms with Gasteiger partial charge in [-0.2, -0.15) is 0 Å². The van der Waals surface area contributed by atoms with Gasteiger partial charge in [-0.25, -0.2) is 4.98 Å². The van der Waals surface area contributed by atoms with E-state index in [9.17, 15) is 9.59 Å². The van der Waals surface area contributed by atoms with Crippen LogP contribution in [0.15, 0.2) is 59.0 Å². The molecule has 25 heavy (non-hydrogen) atoms. The van der Waals surface area contributed by atoms with Crippen LogP contribution in [-0.2, 0) is 9.59 Å². The Kier molecular flexibility index (Phi) is 5.75. The predicted octanol–water partition coefficient (Wildman–Crippen LogP) is 3.54. The maximum absolute atomic E-state index is 12.4. The summed E-state index contributed by atoms with van der Waals surface area (Å²) in [6.07, 6.45) is 7.02. The van der Waals surface area contributed by atoms with Gasteiger partial charge in [0.05, 0.1) is 4.91 Å². The van der Waals surface area contributed by atoms with E-state index in [0.29, 0.717) is 14.4 Å². The molecule has 0 saturated carbocycles. The van der Waals surface area contributed by atoms with E-state index in [0.717, 1.165) is 5.56 Å². The van der Waals surface area contributed by atoms with Gasteiger partial charge in [-0.1, -0.05) is 66.5 Å². The van der Waals surface area contributed by atoms with E-state index in [1.165, 1.54) is 28.0 Å². The van der Waals surface area contributed by atoms with E-state index in [1.54, 1.807) is 23.7 Å². The first kappa shape index (κ1) is 17.5. The molecule has 1 N–H and O–H groups in total. The number of hydrogen-bond donors (Lipinski definition) is 1. The van der Waals surface area contributed by atoms with Crippen molar-refractivity contribution in [3.8, 4) is 0 Å². The van der Waals surface area contributed by atoms with E-state index in [2.05, 4.69) is 10.3 Å². The third-order valence-corrected chi connectivity index (χ3v) is 5.27. The van der Waals surface area contributed by atoms with Crippen molar-refractivity contribution in [3.05, 3.63) is 64.5 Å². The number of benzene rings is 1. The van der Waals surface area contributed by atoms with Gasteiger partial charge in [0.25, 0.3) is 5.91 Å². The summed E-state index contributed by atoms with van der Waals surface area (Å²) >= 11 is 7.72. The summed E-state index contributed by atoms with van der Waals surface area (Å²) in [6.45, 7) is -0.121. The molecule has 2 aromatic rings. The largest absolute Gasteiger partial charge is 0.300 e. The number of allylic oxidation sites excluding steroid dienone is 2. The van der Waals surface area contributed by atoms with Crippen LogP contribution in [0.5, 0.6) is 0 Å². The van der Waals surface area contributed by atoms with E-state index in [-0.39, 0.29) is 18.4 Å². The van der Waals surface area contributed by atoms with Gasteiger partial charge in [-0.15, -0.1) is 11.3 Å². The second-order valence-electron chi connectivity index (χ2n) is 4.95. The predicted molar refractivity (Wildman–Crippen MR) is 106 cm³/mol. The monoisotopic (exact) mass is 387 g/mol. The van der Waals surface area contributed by atoms with Crippen LogP contribution < -0.4 is 5.32 Å². The molecule has 8 heteroatoms. The molecule has 126 valence electrons. The highest BCUT2D eigenvalue weighted by Crippen LogP contribution is 2.30. The smallest absolute Gasteiger partial charge is 0.266 e. The Balaban J connectivity index is 1.62. The molecule has 1 aromatic carbocycles. The highest BCUT2D eigenvalue weighted by molar-refractivity contribution is 8.26. The molecule has 5 nitrogen and oxygen atoms in total. The summed E-state index contributed by atoms with van der Waals surface area (Å²) in [5.74, 6) is -0.589. The second kappa shape index (κ2) is 8.19. The summed E-state index contributed by atoms with van der Waals surface area (Å²) in [5.41, 5.74) is 1.04. The Bertz CT molecular complexity index is 845. The van der Waals surface area contributed by atoms with Crippen LogP contribution in [0.2, 0.25) is 0 Å². The molecule has 1 aromatic heterocycles. The molecular formula is C17H13N3O2S3. The SMILES string of the molecule is O=C(CN1C(=O)C(=CC=Cc2ccccc2)SC1=S)Nc1nccs1. The summed E-state index contributed by atoms with van der Waals surface area (Å²) < 4.78 is 0.374. The Hall–Kier alpha value is -2.29. The molecule has 1 aliphatic rings. The average Bonchev–Trinajstić information content (AvgIpc) is 3.20. The third-order valence-electron chi connectivity index (χ3n) is 3.19. The van der Waals surface area contributed by atoms with E-state index >= 15 is 0 Å². The number of anilines is 1. The highest BCUT2D eigenvalue weighted by Gasteiger charge is 2.33. The zero-order chi connectivity index (χ0) is 17.6. The number of amides is 2. The molecule has 2 amide bonds. The number of nitrogens with one attached hydrogen (secondary N) is 1. The molecule has 0 atom stereocenters. The fourth-order valence-electron chi connectivity index (χ4n) is 2.05. The van der Waals surface area contributed by atoms with Crippen LogP contribution in [0, 0.1) is 0 Å². The quantitative estimate of drug-likeness (QED) is 0.628. The minimum absolute atomic E-state index is 0.121. The van der Waals surface area contributed by atoms with Crippen molar-refractivity contribution < 1.29 is 9.59 Å². The molecule has 0 unspecified atom stereocenters. The van der Waals surface area contributed by atoms with Gasteiger partial charge in [0.2, 0.25) is 5.91 Å². The molecule has 2 heterocycles. The lowest BCUT2D eigenvalue weighted by Gasteiger charge is -2.13. The van der Waals surface area contributed by atoms with Gasteiger partial charge in [0.1, 0.15) is 10.9 Å². The fraction of sp³-hybridized carbons (Fsp3) is 0.0588. The van der Waals surface area contributed by atoms with Crippen molar-refractivity contribution in [1.29, 1.82) is 0 Å². The van der Waals surface area contributed by atoms with Crippen molar-refractivity contribution in [2.45, 2.75) is 0 Å². The van der Waals surface area contributed by atoms with E-state index < -0.39 is 0 Å². The van der Waals surface area contributed by atoms with E-state index in [1.807, 2.05) is 36.4 Å². The Morgan fingerprint density at radius 1 is 1.32 bits per heavy atom. The number of aromatic nitrogens is 1. The summed E-state index contributed by atoms with van der Waals surface area (Å²) in [7, 11) is 0. The van der Waals surface area contributed by atoms with Crippen molar-refractivity contribution in [2.24, 2.45) is 0 Å². The zero-order valence-electron chi connectivity index (χ0n) is 12.9. The minimum atomic E-state index is -0.327. The normalized spacial score (nSPS) is 16.2. The van der Waals surface area contributed by atoms with Crippen molar-refractivity contribution in [2.75, 3.05) is 11.9 Å². The van der Waals surface area contributed by atoms with Gasteiger partial charge in [0.15, 0.2) is 5.13 Å². The Morgan fingerprint density at radius 2 is 2.12 bits per heavy atom. The number of carbonyl (C=O) groups is 2. The number of rotatable bonds is 5. The lowest BCUT2D eigenvalue weighted by Crippen LogP contribution is -2.36. The molecule has 3 rings (SSSR count). The number of thiazole rings is 1. The van der Waals surface area contributed by atoms with Crippen molar-refractivity contribution >= 4 is 62.7 Å². The standard InChI is InChI=1S/C17H13N3O2S3/c21-14(19-16-18-9-10-24-16)11-20-15(22)13(25-17(20)23)8-4-7-12-5-2-1-3-6-12/h1-10H,11H2,(H,18,19,21). The number of hydrogen-bond acceptors (Lipinski definition) is 6. The van der Waals surface area contributed by atoms with Crippen molar-refractivity contribution in [3.63, 3.8) is 0 Å². The topological polar surface area (TPSA) is 62.3 Å². The lowest BCUT2D eigenvalue weighted by atomic mass is 10.2. The van der Waals surface area contributed by atoms with Crippen LogP contribution in [0.4, 0.5) is 5.13 Å². The minimum Gasteiger partial charge on any atom is -0.300 e. The molecule has 0 aliphatic carbocycles. The van der Waals surface area contributed by atoms with Gasteiger partial charge in [-0.05, 0) is 11.6 Å². The van der Waals surface area contributed by atoms with Gasteiger partial charge in [0, 0.05) is 11.6 Å². The fourth-order valence-corrected chi connectivity index (χ4v) is 3.80. The lowest BCUT2D eigenvalue weighted by molar-refractivity contribution is -0.126. The first-order chi connectivity index (χ1) is 12.1. The van der Waals surface area contributed by atoms with Crippen LogP contribution >= 0.6 is 35.3 Å². The maximum atomic E-state index is 12.4. The average molecular weight is 388 g/mol. The van der Waals surface area contributed by atoms with Crippen LogP contribution in [0.25, 0.3) is 6.08 Å². The van der Waals surface area contributed by atoms with Crippen molar-refractivity contribution in [1.82, 2.24) is 9.88 Å². The maximum Gasteiger partial charge on any atom is 0.266 e. The molecule has 0 bridgehead atoms. The number of thioether (sulfide) groups is 1. The molecule has 0 radical (unpaired) electrons.